The first kappa shape index (κ1) is 11.3. The molecule has 0 spiro atoms. The largest absolute Gasteiger partial charge is 0.391 e. The van der Waals surface area contributed by atoms with Crippen molar-refractivity contribution >= 4 is 11.6 Å². The molecule has 0 unspecified atom stereocenters. The smallest absolute Gasteiger partial charge is 0.0787 e. The molecule has 14 heavy (non-hydrogen) atoms. The average molecular weight is 211 g/mol. The van der Waals surface area contributed by atoms with E-state index in [0.717, 1.165) is 18.4 Å². The van der Waals surface area contributed by atoms with Gasteiger partial charge < -0.3 is 5.11 Å². The number of aryl methyl sites for hydroxylation is 1. The summed E-state index contributed by atoms with van der Waals surface area (Å²) in [5.41, 5.74) is 2.37. The molecule has 0 saturated heterocycles. The molecule has 76 valence electrons. The Morgan fingerprint density at radius 1 is 1.29 bits per heavy atom. The molecule has 0 aliphatic rings. The fraction of sp³-hybridized carbons (Fsp3) is 0.333. The van der Waals surface area contributed by atoms with Crippen LogP contribution in [-0.2, 0) is 6.42 Å². The summed E-state index contributed by atoms with van der Waals surface area (Å²) in [6.45, 7) is 1.91. The Kier molecular flexibility index (Phi) is 4.71. The number of aliphatic hydroxyl groups is 1. The zero-order valence-corrected chi connectivity index (χ0v) is 9.09. The second-order valence-electron chi connectivity index (χ2n) is 3.33. The second kappa shape index (κ2) is 5.84. The third kappa shape index (κ3) is 3.52. The maximum Gasteiger partial charge on any atom is 0.0787 e. The second-order valence-corrected chi connectivity index (χ2v) is 3.79. The number of allylic oxidation sites excluding steroid dienone is 1. The van der Waals surface area contributed by atoms with E-state index in [1.54, 1.807) is 0 Å². The maximum absolute atomic E-state index is 8.81. The van der Waals surface area contributed by atoms with Crippen LogP contribution in [0.25, 0.3) is 0 Å². The number of hydrogen-bond acceptors (Lipinski definition) is 1. The highest BCUT2D eigenvalue weighted by molar-refractivity contribution is 6.30. The molecule has 0 heterocycles. The zero-order valence-electron chi connectivity index (χ0n) is 8.33. The highest BCUT2D eigenvalue weighted by Gasteiger charge is 1.98. The lowest BCUT2D eigenvalue weighted by Crippen LogP contribution is -1.91. The number of halogens is 1. The molecular weight excluding hydrogens is 196 g/mol. The van der Waals surface area contributed by atoms with Crippen molar-refractivity contribution in [2.24, 2.45) is 0 Å². The topological polar surface area (TPSA) is 20.2 Å². The van der Waals surface area contributed by atoms with Gasteiger partial charge in [-0.05, 0) is 25.3 Å². The molecule has 0 fully saturated rings. The molecule has 0 atom stereocenters. The summed E-state index contributed by atoms with van der Waals surface area (Å²) in [5.74, 6) is 0. The van der Waals surface area contributed by atoms with Crippen molar-refractivity contribution in [3.8, 4) is 0 Å². The van der Waals surface area contributed by atoms with Crippen LogP contribution >= 0.6 is 11.6 Å². The third-order valence-electron chi connectivity index (χ3n) is 2.23. The van der Waals surface area contributed by atoms with Gasteiger partial charge in [0.05, 0.1) is 6.61 Å². The standard InChI is InChI=1S/C12H15ClO/c1-10(12(13)9-14)7-8-11-5-3-2-4-6-11/h2-6,14H,7-9H2,1H3/b12-10+. The first-order valence-electron chi connectivity index (χ1n) is 4.73. The Bertz CT molecular complexity index is 303. The van der Waals surface area contributed by atoms with Gasteiger partial charge in [0.15, 0.2) is 0 Å². The van der Waals surface area contributed by atoms with Gasteiger partial charge in [-0.25, -0.2) is 0 Å². The van der Waals surface area contributed by atoms with Crippen molar-refractivity contribution in [1.29, 1.82) is 0 Å². The van der Waals surface area contributed by atoms with E-state index in [2.05, 4.69) is 12.1 Å². The van der Waals surface area contributed by atoms with E-state index in [1.165, 1.54) is 5.56 Å². The Labute approximate surface area is 90.0 Å². The molecule has 0 aliphatic carbocycles. The Morgan fingerprint density at radius 3 is 2.50 bits per heavy atom. The maximum atomic E-state index is 8.81. The first-order chi connectivity index (χ1) is 6.74. The molecule has 1 rings (SSSR count). The fourth-order valence-corrected chi connectivity index (χ4v) is 1.34. The molecule has 0 amide bonds. The Morgan fingerprint density at radius 2 is 1.93 bits per heavy atom. The molecule has 1 aromatic carbocycles. The van der Waals surface area contributed by atoms with Crippen molar-refractivity contribution in [2.45, 2.75) is 19.8 Å². The van der Waals surface area contributed by atoms with Gasteiger partial charge in [-0.15, -0.1) is 0 Å². The van der Waals surface area contributed by atoms with Crippen LogP contribution in [0.2, 0.25) is 0 Å². The molecular formula is C12H15ClO. The van der Waals surface area contributed by atoms with Gasteiger partial charge in [-0.2, -0.15) is 0 Å². The lowest BCUT2D eigenvalue weighted by molar-refractivity contribution is 0.337. The fourth-order valence-electron chi connectivity index (χ4n) is 1.25. The monoisotopic (exact) mass is 210 g/mol. The molecule has 0 aliphatic heterocycles. The predicted molar refractivity (Wildman–Crippen MR) is 60.4 cm³/mol. The number of hydrogen-bond donors (Lipinski definition) is 1. The highest BCUT2D eigenvalue weighted by Crippen LogP contribution is 2.14. The molecule has 0 saturated carbocycles. The van der Waals surface area contributed by atoms with Gasteiger partial charge in [0.2, 0.25) is 0 Å². The Hall–Kier alpha value is -0.790. The van der Waals surface area contributed by atoms with Gasteiger partial charge in [0.25, 0.3) is 0 Å². The van der Waals surface area contributed by atoms with Crippen LogP contribution in [0.3, 0.4) is 0 Å². The van der Waals surface area contributed by atoms with E-state index >= 15 is 0 Å². The highest BCUT2D eigenvalue weighted by atomic mass is 35.5. The van der Waals surface area contributed by atoms with E-state index in [1.807, 2.05) is 25.1 Å². The summed E-state index contributed by atoms with van der Waals surface area (Å²) in [7, 11) is 0. The van der Waals surface area contributed by atoms with Crippen LogP contribution in [0.4, 0.5) is 0 Å². The van der Waals surface area contributed by atoms with Crippen molar-refractivity contribution in [1.82, 2.24) is 0 Å². The van der Waals surface area contributed by atoms with Gasteiger partial charge >= 0.3 is 0 Å². The minimum atomic E-state index is -0.0534. The van der Waals surface area contributed by atoms with E-state index in [0.29, 0.717) is 5.03 Å². The van der Waals surface area contributed by atoms with Gasteiger partial charge in [0.1, 0.15) is 0 Å². The molecule has 0 aromatic heterocycles. The van der Waals surface area contributed by atoms with E-state index in [-0.39, 0.29) is 6.61 Å². The summed E-state index contributed by atoms with van der Waals surface area (Å²) in [4.78, 5) is 0. The van der Waals surface area contributed by atoms with Crippen molar-refractivity contribution < 1.29 is 5.11 Å². The van der Waals surface area contributed by atoms with Crippen LogP contribution in [-0.4, -0.2) is 11.7 Å². The van der Waals surface area contributed by atoms with E-state index < -0.39 is 0 Å². The summed E-state index contributed by atoms with van der Waals surface area (Å²) >= 11 is 5.81. The number of rotatable bonds is 4. The van der Waals surface area contributed by atoms with Gasteiger partial charge in [-0.3, -0.25) is 0 Å². The summed E-state index contributed by atoms with van der Waals surface area (Å²) in [6, 6.07) is 10.3. The van der Waals surface area contributed by atoms with Crippen LogP contribution in [0.1, 0.15) is 18.9 Å². The molecule has 0 radical (unpaired) electrons. The average Bonchev–Trinajstić information content (AvgIpc) is 2.26. The summed E-state index contributed by atoms with van der Waals surface area (Å²) < 4.78 is 0. The lowest BCUT2D eigenvalue weighted by atomic mass is 10.1. The molecule has 1 aromatic rings. The normalized spacial score (nSPS) is 12.5. The van der Waals surface area contributed by atoms with Crippen molar-refractivity contribution in [2.75, 3.05) is 6.61 Å². The summed E-state index contributed by atoms with van der Waals surface area (Å²) in [5, 5.41) is 9.38. The zero-order chi connectivity index (χ0) is 10.4. The van der Waals surface area contributed by atoms with E-state index in [9.17, 15) is 0 Å². The van der Waals surface area contributed by atoms with Gasteiger partial charge in [0, 0.05) is 5.03 Å². The van der Waals surface area contributed by atoms with Crippen LogP contribution in [0.5, 0.6) is 0 Å². The van der Waals surface area contributed by atoms with Crippen LogP contribution in [0, 0.1) is 0 Å². The SMILES string of the molecule is C/C(CCc1ccccc1)=C(\Cl)CO. The molecule has 2 heteroatoms. The Balaban J connectivity index is 2.50. The molecule has 1 nitrogen and oxygen atoms in total. The molecule has 0 bridgehead atoms. The molecule has 1 N–H and O–H groups in total. The first-order valence-corrected chi connectivity index (χ1v) is 5.10. The summed E-state index contributed by atoms with van der Waals surface area (Å²) in [6.07, 6.45) is 1.88. The van der Waals surface area contributed by atoms with Crippen LogP contribution < -0.4 is 0 Å². The lowest BCUT2D eigenvalue weighted by Gasteiger charge is -2.03. The number of aliphatic hydroxyl groups excluding tert-OH is 1. The van der Waals surface area contributed by atoms with Crippen molar-refractivity contribution in [3.05, 3.63) is 46.5 Å². The van der Waals surface area contributed by atoms with E-state index in [4.69, 9.17) is 16.7 Å². The predicted octanol–water partition coefficient (Wildman–Crippen LogP) is 3.12. The van der Waals surface area contributed by atoms with Crippen molar-refractivity contribution in [3.63, 3.8) is 0 Å². The minimum Gasteiger partial charge on any atom is -0.391 e. The minimum absolute atomic E-state index is 0.0534. The van der Waals surface area contributed by atoms with Crippen LogP contribution in [0.15, 0.2) is 40.9 Å². The van der Waals surface area contributed by atoms with Gasteiger partial charge in [-0.1, -0.05) is 47.5 Å². The third-order valence-corrected chi connectivity index (χ3v) is 2.68. The number of benzene rings is 1. The quantitative estimate of drug-likeness (QED) is 0.810.